The smallest absolute Gasteiger partial charge is 0.273 e. The first kappa shape index (κ1) is 14.2. The Balaban J connectivity index is 2.41. The first-order valence-electron chi connectivity index (χ1n) is 5.23. The van der Waals surface area contributed by atoms with Gasteiger partial charge in [0.15, 0.2) is 5.16 Å². The lowest BCUT2D eigenvalue weighted by Gasteiger charge is -2.09. The fraction of sp³-hybridized carbons (Fsp3) is 0.182. The van der Waals surface area contributed by atoms with Crippen molar-refractivity contribution in [3.63, 3.8) is 0 Å². The van der Waals surface area contributed by atoms with Gasteiger partial charge in [-0.2, -0.15) is 18.4 Å². The second-order valence-corrected chi connectivity index (χ2v) is 4.80. The lowest BCUT2D eigenvalue weighted by Crippen LogP contribution is -2.12. The number of hydrogen-bond acceptors (Lipinski definition) is 4. The molecule has 1 N–H and O–H groups in total. The molecule has 0 atom stereocenters. The number of halogens is 3. The predicted molar refractivity (Wildman–Crippen MR) is 64.1 cm³/mol. The zero-order valence-corrected chi connectivity index (χ0v) is 10.8. The van der Waals surface area contributed by atoms with Gasteiger partial charge in [-0.1, -0.05) is 0 Å². The lowest BCUT2D eigenvalue weighted by molar-refractivity contribution is -0.137. The van der Waals surface area contributed by atoms with Crippen molar-refractivity contribution in [1.29, 1.82) is 5.26 Å². The Labute approximate surface area is 115 Å². The molecule has 5 nitrogen and oxygen atoms in total. The molecule has 1 aromatic carbocycles. The van der Waals surface area contributed by atoms with Crippen molar-refractivity contribution >= 4 is 11.8 Å². The number of aromatic amines is 1. The number of benzene rings is 1. The quantitative estimate of drug-likeness (QED) is 0.922. The van der Waals surface area contributed by atoms with E-state index in [2.05, 4.69) is 10.2 Å². The minimum Gasteiger partial charge on any atom is -0.273 e. The molecule has 0 unspecified atom stereocenters. The van der Waals surface area contributed by atoms with Crippen LogP contribution in [-0.4, -0.2) is 14.8 Å². The van der Waals surface area contributed by atoms with Crippen molar-refractivity contribution in [3.05, 3.63) is 39.8 Å². The summed E-state index contributed by atoms with van der Waals surface area (Å²) in [6.07, 6.45) is -4.51. The number of nitrogens with one attached hydrogen (secondary N) is 1. The Bertz CT molecular complexity index is 741. The summed E-state index contributed by atoms with van der Waals surface area (Å²) in [6, 6.07) is 4.55. The highest BCUT2D eigenvalue weighted by atomic mass is 32.2. The predicted octanol–water partition coefficient (Wildman–Crippen LogP) is 2.15. The first-order chi connectivity index (χ1) is 9.32. The van der Waals surface area contributed by atoms with E-state index in [1.165, 1.54) is 17.7 Å². The minimum atomic E-state index is -4.51. The SMILES string of the molecule is Cn1c(Sc2ccc(C(F)(F)F)cc2C#N)n[nH]c1=O. The minimum absolute atomic E-state index is 0.125. The van der Waals surface area contributed by atoms with Crippen LogP contribution in [0.1, 0.15) is 11.1 Å². The Kier molecular flexibility index (Phi) is 3.59. The molecule has 0 saturated heterocycles. The van der Waals surface area contributed by atoms with Gasteiger partial charge < -0.3 is 0 Å². The Morgan fingerprint density at radius 3 is 2.65 bits per heavy atom. The topological polar surface area (TPSA) is 74.5 Å². The summed E-state index contributed by atoms with van der Waals surface area (Å²) in [5.74, 6) is 0. The molecule has 0 amide bonds. The molecule has 9 heteroatoms. The number of nitrogens with zero attached hydrogens (tertiary/aromatic N) is 3. The fourth-order valence-corrected chi connectivity index (χ4v) is 2.26. The molecule has 1 heterocycles. The summed E-state index contributed by atoms with van der Waals surface area (Å²) in [4.78, 5) is 11.5. The van der Waals surface area contributed by atoms with E-state index in [9.17, 15) is 18.0 Å². The fourth-order valence-electron chi connectivity index (χ4n) is 1.40. The van der Waals surface area contributed by atoms with E-state index in [0.717, 1.165) is 23.9 Å². The maximum absolute atomic E-state index is 12.6. The lowest BCUT2D eigenvalue weighted by atomic mass is 10.1. The molecular formula is C11H7F3N4OS. The number of aromatic nitrogens is 3. The summed E-state index contributed by atoms with van der Waals surface area (Å²) in [7, 11) is 1.46. The van der Waals surface area contributed by atoms with Crippen LogP contribution in [0.3, 0.4) is 0 Å². The molecule has 104 valence electrons. The van der Waals surface area contributed by atoms with E-state index in [1.54, 1.807) is 6.07 Å². The maximum atomic E-state index is 12.6. The standard InChI is InChI=1S/C11H7F3N4OS/c1-18-9(19)16-17-10(18)20-8-3-2-7(11(12,13)14)4-6(8)5-15/h2-4H,1H3,(H,16,19). The van der Waals surface area contributed by atoms with Gasteiger partial charge in [0.2, 0.25) is 0 Å². The van der Waals surface area contributed by atoms with Crippen LogP contribution in [0, 0.1) is 11.3 Å². The number of nitriles is 1. The summed E-state index contributed by atoms with van der Waals surface area (Å²) in [5.41, 5.74) is -1.47. The van der Waals surface area contributed by atoms with Crippen molar-refractivity contribution in [2.45, 2.75) is 16.2 Å². The molecule has 1 aromatic heterocycles. The van der Waals surface area contributed by atoms with E-state index in [1.807, 2.05) is 0 Å². The molecule has 0 aliphatic rings. The zero-order chi connectivity index (χ0) is 14.9. The third-order valence-electron chi connectivity index (χ3n) is 2.47. The molecule has 0 aliphatic heterocycles. The van der Waals surface area contributed by atoms with Gasteiger partial charge in [-0.25, -0.2) is 9.89 Å². The second kappa shape index (κ2) is 5.05. The van der Waals surface area contributed by atoms with Crippen LogP contribution in [-0.2, 0) is 13.2 Å². The van der Waals surface area contributed by atoms with E-state index >= 15 is 0 Å². The van der Waals surface area contributed by atoms with Gasteiger partial charge in [0.1, 0.15) is 6.07 Å². The highest BCUT2D eigenvalue weighted by Crippen LogP contribution is 2.34. The highest BCUT2D eigenvalue weighted by Gasteiger charge is 2.31. The first-order valence-corrected chi connectivity index (χ1v) is 6.05. The van der Waals surface area contributed by atoms with Gasteiger partial charge in [0.25, 0.3) is 0 Å². The van der Waals surface area contributed by atoms with Crippen LogP contribution < -0.4 is 5.69 Å². The van der Waals surface area contributed by atoms with Gasteiger partial charge >= 0.3 is 11.9 Å². The summed E-state index contributed by atoms with van der Waals surface area (Å²) in [5, 5.41) is 15.1. The van der Waals surface area contributed by atoms with E-state index in [-0.39, 0.29) is 10.7 Å². The van der Waals surface area contributed by atoms with Crippen LogP contribution in [0.4, 0.5) is 13.2 Å². The zero-order valence-electron chi connectivity index (χ0n) is 10.0. The Morgan fingerprint density at radius 2 is 2.15 bits per heavy atom. The van der Waals surface area contributed by atoms with Crippen LogP contribution >= 0.6 is 11.8 Å². The molecule has 0 aliphatic carbocycles. The number of rotatable bonds is 2. The third kappa shape index (κ3) is 2.70. The van der Waals surface area contributed by atoms with Crippen LogP contribution in [0.5, 0.6) is 0 Å². The monoisotopic (exact) mass is 300 g/mol. The average Bonchev–Trinajstić information content (AvgIpc) is 2.70. The Hall–Kier alpha value is -2.21. The van der Waals surface area contributed by atoms with Crippen molar-refractivity contribution in [2.75, 3.05) is 0 Å². The number of hydrogen-bond donors (Lipinski definition) is 1. The molecule has 0 radical (unpaired) electrons. The third-order valence-corrected chi connectivity index (χ3v) is 3.59. The van der Waals surface area contributed by atoms with Crippen molar-refractivity contribution in [1.82, 2.24) is 14.8 Å². The molecule has 0 saturated carbocycles. The highest BCUT2D eigenvalue weighted by molar-refractivity contribution is 7.99. The largest absolute Gasteiger partial charge is 0.416 e. The molecule has 0 spiro atoms. The molecule has 20 heavy (non-hydrogen) atoms. The van der Waals surface area contributed by atoms with Gasteiger partial charge in [-0.05, 0) is 30.0 Å². The summed E-state index contributed by atoms with van der Waals surface area (Å²) < 4.78 is 38.9. The average molecular weight is 300 g/mol. The van der Waals surface area contributed by atoms with Crippen LogP contribution in [0.2, 0.25) is 0 Å². The summed E-state index contributed by atoms with van der Waals surface area (Å²) >= 11 is 0.936. The number of alkyl halides is 3. The molecule has 2 aromatic rings. The van der Waals surface area contributed by atoms with Crippen LogP contribution in [0.15, 0.2) is 33.0 Å². The molecule has 0 fully saturated rings. The molecular weight excluding hydrogens is 293 g/mol. The normalized spacial score (nSPS) is 11.3. The van der Waals surface area contributed by atoms with E-state index in [4.69, 9.17) is 5.26 Å². The van der Waals surface area contributed by atoms with E-state index < -0.39 is 17.4 Å². The van der Waals surface area contributed by atoms with Gasteiger partial charge in [0.05, 0.1) is 11.1 Å². The molecule has 0 bridgehead atoms. The van der Waals surface area contributed by atoms with Gasteiger partial charge in [0, 0.05) is 11.9 Å². The van der Waals surface area contributed by atoms with Crippen molar-refractivity contribution in [3.8, 4) is 6.07 Å². The number of H-pyrrole nitrogens is 1. The van der Waals surface area contributed by atoms with Crippen LogP contribution in [0.25, 0.3) is 0 Å². The van der Waals surface area contributed by atoms with Gasteiger partial charge in [-0.15, -0.1) is 5.10 Å². The maximum Gasteiger partial charge on any atom is 0.416 e. The van der Waals surface area contributed by atoms with Crippen molar-refractivity contribution in [2.24, 2.45) is 7.05 Å². The van der Waals surface area contributed by atoms with Gasteiger partial charge in [-0.3, -0.25) is 4.57 Å². The molecule has 2 rings (SSSR count). The summed E-state index contributed by atoms with van der Waals surface area (Å²) in [6.45, 7) is 0. The Morgan fingerprint density at radius 1 is 1.45 bits per heavy atom. The van der Waals surface area contributed by atoms with Crippen molar-refractivity contribution < 1.29 is 13.2 Å². The van der Waals surface area contributed by atoms with E-state index in [0.29, 0.717) is 4.90 Å². The second-order valence-electron chi connectivity index (χ2n) is 3.79.